The molecule has 0 atom stereocenters. The maximum absolute atomic E-state index is 8.71. The van der Waals surface area contributed by atoms with E-state index in [2.05, 4.69) is 17.8 Å². The summed E-state index contributed by atoms with van der Waals surface area (Å²) in [7, 11) is 0. The fourth-order valence-corrected chi connectivity index (χ4v) is 1.72. The number of oxime groups is 1. The van der Waals surface area contributed by atoms with Gasteiger partial charge in [0.15, 0.2) is 0 Å². The Labute approximate surface area is 77.2 Å². The lowest BCUT2D eigenvalue weighted by atomic mass is 10.1. The van der Waals surface area contributed by atoms with Gasteiger partial charge >= 0.3 is 0 Å². The van der Waals surface area contributed by atoms with Gasteiger partial charge in [-0.3, -0.25) is 0 Å². The zero-order valence-electron chi connectivity index (χ0n) is 7.33. The van der Waals surface area contributed by atoms with Gasteiger partial charge in [0.05, 0.1) is 5.71 Å². The maximum atomic E-state index is 8.71. The summed E-state index contributed by atoms with van der Waals surface area (Å²) in [6.45, 7) is 3.72. The molecular formula is C11H11NO. The Morgan fingerprint density at radius 2 is 2.23 bits per heavy atom. The van der Waals surface area contributed by atoms with Crippen molar-refractivity contribution in [1.29, 1.82) is 0 Å². The van der Waals surface area contributed by atoms with E-state index in [0.717, 1.165) is 29.7 Å². The minimum absolute atomic E-state index is 0.797. The van der Waals surface area contributed by atoms with Crippen molar-refractivity contribution >= 4 is 11.8 Å². The first-order valence-electron chi connectivity index (χ1n) is 4.32. The topological polar surface area (TPSA) is 32.6 Å². The summed E-state index contributed by atoms with van der Waals surface area (Å²) < 4.78 is 0. The van der Waals surface area contributed by atoms with E-state index in [-0.39, 0.29) is 0 Å². The Bertz CT molecular complexity index is 380. The molecule has 0 saturated heterocycles. The predicted molar refractivity (Wildman–Crippen MR) is 53.2 cm³/mol. The maximum Gasteiger partial charge on any atom is 0.0873 e. The largest absolute Gasteiger partial charge is 0.411 e. The van der Waals surface area contributed by atoms with Gasteiger partial charge in [-0.15, -0.1) is 0 Å². The molecule has 0 unspecified atom stereocenters. The first-order chi connectivity index (χ1) is 6.35. The molecule has 0 amide bonds. The van der Waals surface area contributed by atoms with E-state index in [0.29, 0.717) is 0 Å². The van der Waals surface area contributed by atoms with Crippen LogP contribution in [0.3, 0.4) is 0 Å². The predicted octanol–water partition coefficient (Wildman–Crippen LogP) is 2.45. The lowest BCUT2D eigenvalue weighted by Gasteiger charge is -1.99. The lowest BCUT2D eigenvalue weighted by molar-refractivity contribution is 0.318. The zero-order chi connectivity index (χ0) is 9.26. The Kier molecular flexibility index (Phi) is 1.89. The van der Waals surface area contributed by atoms with Gasteiger partial charge in [0.2, 0.25) is 0 Å². The van der Waals surface area contributed by atoms with Crippen LogP contribution in [0, 0.1) is 0 Å². The van der Waals surface area contributed by atoms with Gasteiger partial charge in [-0.1, -0.05) is 36.0 Å². The van der Waals surface area contributed by atoms with Crippen LogP contribution in [0.25, 0.3) is 6.08 Å². The standard InChI is InChI=1S/C11H11NO/c1-2-8-3-5-10-9(7-8)4-6-11(10)12-13/h2-3,5,7,13H,1,4,6H2/b12-11-. The van der Waals surface area contributed by atoms with Gasteiger partial charge in [-0.05, 0) is 24.0 Å². The van der Waals surface area contributed by atoms with Crippen molar-refractivity contribution < 1.29 is 5.21 Å². The number of rotatable bonds is 1. The van der Waals surface area contributed by atoms with Gasteiger partial charge in [-0.2, -0.15) is 0 Å². The van der Waals surface area contributed by atoms with Crippen molar-refractivity contribution in [2.75, 3.05) is 0 Å². The van der Waals surface area contributed by atoms with E-state index in [9.17, 15) is 0 Å². The van der Waals surface area contributed by atoms with Crippen LogP contribution in [-0.2, 0) is 6.42 Å². The van der Waals surface area contributed by atoms with E-state index in [1.54, 1.807) is 0 Å². The van der Waals surface area contributed by atoms with Crippen LogP contribution >= 0.6 is 0 Å². The second-order valence-corrected chi connectivity index (χ2v) is 3.17. The third-order valence-corrected chi connectivity index (χ3v) is 2.43. The first-order valence-corrected chi connectivity index (χ1v) is 4.32. The lowest BCUT2D eigenvalue weighted by Crippen LogP contribution is -1.93. The van der Waals surface area contributed by atoms with Crippen molar-refractivity contribution in [3.05, 3.63) is 41.5 Å². The molecule has 0 bridgehead atoms. The normalized spacial score (nSPS) is 17.4. The van der Waals surface area contributed by atoms with Crippen molar-refractivity contribution in [2.45, 2.75) is 12.8 Å². The van der Waals surface area contributed by atoms with E-state index in [1.165, 1.54) is 5.56 Å². The molecule has 0 saturated carbocycles. The highest BCUT2D eigenvalue weighted by atomic mass is 16.4. The van der Waals surface area contributed by atoms with E-state index in [4.69, 9.17) is 5.21 Å². The third-order valence-electron chi connectivity index (χ3n) is 2.43. The van der Waals surface area contributed by atoms with Crippen LogP contribution in [0.4, 0.5) is 0 Å². The van der Waals surface area contributed by atoms with Gasteiger partial charge in [-0.25, -0.2) is 0 Å². The van der Waals surface area contributed by atoms with E-state index >= 15 is 0 Å². The molecule has 0 spiro atoms. The summed E-state index contributed by atoms with van der Waals surface area (Å²) in [5.74, 6) is 0. The molecule has 0 radical (unpaired) electrons. The van der Waals surface area contributed by atoms with Gasteiger partial charge in [0.25, 0.3) is 0 Å². The molecule has 0 aliphatic heterocycles. The number of aryl methyl sites for hydroxylation is 1. The molecular weight excluding hydrogens is 162 g/mol. The Morgan fingerprint density at radius 3 is 2.92 bits per heavy atom. The monoisotopic (exact) mass is 173 g/mol. The van der Waals surface area contributed by atoms with E-state index < -0.39 is 0 Å². The van der Waals surface area contributed by atoms with E-state index in [1.807, 2.05) is 18.2 Å². The van der Waals surface area contributed by atoms with Crippen molar-refractivity contribution in [2.24, 2.45) is 5.16 Å². The molecule has 66 valence electrons. The Morgan fingerprint density at radius 1 is 1.38 bits per heavy atom. The van der Waals surface area contributed by atoms with Gasteiger partial charge in [0.1, 0.15) is 0 Å². The zero-order valence-corrected chi connectivity index (χ0v) is 7.33. The molecule has 13 heavy (non-hydrogen) atoms. The summed E-state index contributed by atoms with van der Waals surface area (Å²) in [5.41, 5.74) is 4.25. The fraction of sp³-hybridized carbons (Fsp3) is 0.182. The smallest absolute Gasteiger partial charge is 0.0873 e. The van der Waals surface area contributed by atoms with Gasteiger partial charge in [0, 0.05) is 5.56 Å². The molecule has 1 aromatic rings. The van der Waals surface area contributed by atoms with Crippen LogP contribution < -0.4 is 0 Å². The average molecular weight is 173 g/mol. The van der Waals surface area contributed by atoms with Crippen molar-refractivity contribution in [3.8, 4) is 0 Å². The summed E-state index contributed by atoms with van der Waals surface area (Å²) in [4.78, 5) is 0. The second kappa shape index (κ2) is 3.05. The van der Waals surface area contributed by atoms with Crippen LogP contribution in [-0.4, -0.2) is 10.9 Å². The van der Waals surface area contributed by atoms with Crippen LogP contribution in [0.15, 0.2) is 29.9 Å². The third kappa shape index (κ3) is 1.24. The molecule has 0 heterocycles. The molecule has 0 fully saturated rings. The highest BCUT2D eigenvalue weighted by molar-refractivity contribution is 6.04. The second-order valence-electron chi connectivity index (χ2n) is 3.17. The average Bonchev–Trinajstić information content (AvgIpc) is 2.59. The van der Waals surface area contributed by atoms with Crippen LogP contribution in [0.5, 0.6) is 0 Å². The van der Waals surface area contributed by atoms with Gasteiger partial charge < -0.3 is 5.21 Å². The Balaban J connectivity index is 2.52. The SMILES string of the molecule is C=Cc1ccc2c(c1)CC/C2=N/O. The van der Waals surface area contributed by atoms with Crippen molar-refractivity contribution in [1.82, 2.24) is 0 Å². The number of hydrogen-bond donors (Lipinski definition) is 1. The molecule has 2 nitrogen and oxygen atoms in total. The molecule has 1 aliphatic carbocycles. The number of benzene rings is 1. The fourth-order valence-electron chi connectivity index (χ4n) is 1.72. The number of nitrogens with zero attached hydrogens (tertiary/aromatic N) is 1. The molecule has 1 N–H and O–H groups in total. The molecule has 1 aromatic carbocycles. The van der Waals surface area contributed by atoms with Crippen LogP contribution in [0.1, 0.15) is 23.1 Å². The Hall–Kier alpha value is -1.57. The quantitative estimate of drug-likeness (QED) is 0.513. The molecule has 1 aliphatic rings. The van der Waals surface area contributed by atoms with Crippen molar-refractivity contribution in [3.63, 3.8) is 0 Å². The minimum Gasteiger partial charge on any atom is -0.411 e. The number of hydrogen-bond acceptors (Lipinski definition) is 2. The summed E-state index contributed by atoms with van der Waals surface area (Å²) in [6, 6.07) is 6.08. The summed E-state index contributed by atoms with van der Waals surface area (Å²) in [6.07, 6.45) is 3.64. The molecule has 0 aromatic heterocycles. The molecule has 2 rings (SSSR count). The summed E-state index contributed by atoms with van der Waals surface area (Å²) in [5, 5.41) is 12.0. The highest BCUT2D eigenvalue weighted by Gasteiger charge is 2.17. The minimum atomic E-state index is 0.797. The molecule has 2 heteroatoms. The first kappa shape index (κ1) is 8.05. The highest BCUT2D eigenvalue weighted by Crippen LogP contribution is 2.23. The summed E-state index contributed by atoms with van der Waals surface area (Å²) >= 11 is 0. The number of fused-ring (bicyclic) bond motifs is 1. The van der Waals surface area contributed by atoms with Crippen LogP contribution in [0.2, 0.25) is 0 Å².